The highest BCUT2D eigenvalue weighted by molar-refractivity contribution is 6.16. The summed E-state index contributed by atoms with van der Waals surface area (Å²) in [6, 6.07) is 3.40. The van der Waals surface area contributed by atoms with Crippen LogP contribution in [0.3, 0.4) is 0 Å². The third-order valence-electron chi connectivity index (χ3n) is 4.21. The first-order chi connectivity index (χ1) is 9.19. The average Bonchev–Trinajstić information content (AvgIpc) is 2.66. The van der Waals surface area contributed by atoms with E-state index in [9.17, 15) is 4.39 Å². The summed E-state index contributed by atoms with van der Waals surface area (Å²) in [6.45, 7) is 2.73. The number of nitrogens with zero attached hydrogens (tertiary/aromatic N) is 2. The Morgan fingerprint density at radius 1 is 1.42 bits per heavy atom. The van der Waals surface area contributed by atoms with Gasteiger partial charge in [-0.25, -0.2) is 9.37 Å². The van der Waals surface area contributed by atoms with E-state index in [-0.39, 0.29) is 5.82 Å². The van der Waals surface area contributed by atoms with Crippen molar-refractivity contribution in [2.45, 2.75) is 45.0 Å². The van der Waals surface area contributed by atoms with E-state index >= 15 is 0 Å². The van der Waals surface area contributed by atoms with Crippen LogP contribution in [0.2, 0.25) is 0 Å². The number of alkyl halides is 1. The van der Waals surface area contributed by atoms with Gasteiger partial charge in [0.25, 0.3) is 0 Å². The highest BCUT2D eigenvalue weighted by Crippen LogP contribution is 2.31. The first-order valence-electron chi connectivity index (χ1n) is 6.90. The summed E-state index contributed by atoms with van der Waals surface area (Å²) in [4.78, 5) is 4.45. The molecule has 4 heteroatoms. The van der Waals surface area contributed by atoms with Crippen LogP contribution in [0.4, 0.5) is 4.39 Å². The van der Waals surface area contributed by atoms with Crippen molar-refractivity contribution >= 4 is 22.6 Å². The summed E-state index contributed by atoms with van der Waals surface area (Å²) in [5, 5.41) is 0. The predicted molar refractivity (Wildman–Crippen MR) is 75.9 cm³/mol. The van der Waals surface area contributed by atoms with Crippen LogP contribution >= 0.6 is 11.6 Å². The molecule has 1 aromatic carbocycles. The fourth-order valence-electron chi connectivity index (χ4n) is 2.74. The fraction of sp³-hybridized carbons (Fsp3) is 0.533. The maximum Gasteiger partial charge on any atom is 0.128 e. The lowest BCUT2D eigenvalue weighted by atomic mass is 9.83. The molecule has 1 aliphatic carbocycles. The van der Waals surface area contributed by atoms with E-state index in [4.69, 9.17) is 11.6 Å². The Balaban J connectivity index is 1.96. The van der Waals surface area contributed by atoms with Crippen molar-refractivity contribution in [3.63, 3.8) is 0 Å². The molecule has 3 rings (SSSR count). The van der Waals surface area contributed by atoms with Crippen molar-refractivity contribution < 1.29 is 4.39 Å². The van der Waals surface area contributed by atoms with E-state index in [2.05, 4.69) is 9.55 Å². The highest BCUT2D eigenvalue weighted by Gasteiger charge is 2.19. The third-order valence-corrected chi connectivity index (χ3v) is 4.45. The number of aromatic nitrogens is 2. The van der Waals surface area contributed by atoms with E-state index in [0.717, 1.165) is 23.8 Å². The summed E-state index contributed by atoms with van der Waals surface area (Å²) in [5.41, 5.74) is 2.39. The minimum absolute atomic E-state index is 0.197. The van der Waals surface area contributed by atoms with Gasteiger partial charge >= 0.3 is 0 Å². The monoisotopic (exact) mass is 280 g/mol. The zero-order valence-corrected chi connectivity index (χ0v) is 11.9. The number of imidazole rings is 1. The lowest BCUT2D eigenvalue weighted by Crippen LogP contribution is -2.14. The number of rotatable bonds is 4. The summed E-state index contributed by atoms with van der Waals surface area (Å²) in [7, 11) is 0. The van der Waals surface area contributed by atoms with Gasteiger partial charge in [-0.2, -0.15) is 0 Å². The zero-order chi connectivity index (χ0) is 13.4. The van der Waals surface area contributed by atoms with Crippen molar-refractivity contribution in [3.05, 3.63) is 29.3 Å². The molecule has 0 aliphatic heterocycles. The van der Waals surface area contributed by atoms with Gasteiger partial charge < -0.3 is 4.57 Å². The van der Waals surface area contributed by atoms with Crippen LogP contribution < -0.4 is 0 Å². The number of aryl methyl sites for hydroxylation is 2. The molecule has 0 atom stereocenters. The van der Waals surface area contributed by atoms with Gasteiger partial charge in [-0.3, -0.25) is 0 Å². The number of fused-ring (bicyclic) bond motifs is 1. The largest absolute Gasteiger partial charge is 0.327 e. The van der Waals surface area contributed by atoms with Crippen molar-refractivity contribution in [2.75, 3.05) is 0 Å². The molecule has 0 spiro atoms. The van der Waals surface area contributed by atoms with Gasteiger partial charge in [0.05, 0.1) is 16.9 Å². The fourth-order valence-corrected chi connectivity index (χ4v) is 2.95. The van der Waals surface area contributed by atoms with Crippen LogP contribution in [-0.2, 0) is 12.4 Å². The average molecular weight is 281 g/mol. The summed E-state index contributed by atoms with van der Waals surface area (Å²) in [5.74, 6) is 1.88. The number of hydrogen-bond donors (Lipinski definition) is 0. The molecule has 102 valence electrons. The molecule has 2 nitrogen and oxygen atoms in total. The van der Waals surface area contributed by atoms with Crippen LogP contribution in [0.15, 0.2) is 12.1 Å². The number of hydrogen-bond acceptors (Lipinski definition) is 1. The Kier molecular flexibility index (Phi) is 3.48. The van der Waals surface area contributed by atoms with Gasteiger partial charge in [-0.1, -0.05) is 19.3 Å². The molecular weight excluding hydrogens is 263 g/mol. The van der Waals surface area contributed by atoms with E-state index in [0.29, 0.717) is 17.0 Å². The lowest BCUT2D eigenvalue weighted by Gasteiger charge is -2.25. The second-order valence-corrected chi connectivity index (χ2v) is 5.76. The van der Waals surface area contributed by atoms with Gasteiger partial charge in [-0.05, 0) is 30.9 Å². The topological polar surface area (TPSA) is 17.8 Å². The second-order valence-electron chi connectivity index (χ2n) is 5.49. The Morgan fingerprint density at radius 3 is 2.84 bits per heavy atom. The zero-order valence-electron chi connectivity index (χ0n) is 11.1. The van der Waals surface area contributed by atoms with Gasteiger partial charge in [0.15, 0.2) is 0 Å². The van der Waals surface area contributed by atoms with E-state index in [1.165, 1.54) is 31.7 Å². The first kappa shape index (κ1) is 12.9. The molecule has 0 N–H and O–H groups in total. The molecule has 1 aromatic heterocycles. The quantitative estimate of drug-likeness (QED) is 0.759. The normalized spacial score (nSPS) is 15.9. The van der Waals surface area contributed by atoms with E-state index in [1.807, 2.05) is 6.07 Å². The Labute approximate surface area is 117 Å². The van der Waals surface area contributed by atoms with Crippen molar-refractivity contribution in [1.29, 1.82) is 0 Å². The second kappa shape index (κ2) is 5.12. The van der Waals surface area contributed by atoms with Crippen LogP contribution in [0.5, 0.6) is 0 Å². The standard InChI is InChI=1S/C15H18ClFN2/c1-10-7-14-13(8-12(10)17)18-15(9-16)19(14)6-5-11-3-2-4-11/h7-8,11H,2-6,9H2,1H3. The predicted octanol–water partition coefficient (Wildman–Crippen LogP) is 4.41. The van der Waals surface area contributed by atoms with Crippen LogP contribution in [-0.4, -0.2) is 9.55 Å². The molecule has 0 amide bonds. The van der Waals surface area contributed by atoms with Gasteiger partial charge in [0, 0.05) is 12.6 Å². The number of halogens is 2. The SMILES string of the molecule is Cc1cc2c(cc1F)nc(CCl)n2CCC1CCC1. The molecule has 1 aliphatic rings. The van der Waals surface area contributed by atoms with E-state index in [1.54, 1.807) is 6.92 Å². The molecule has 1 heterocycles. The van der Waals surface area contributed by atoms with Crippen molar-refractivity contribution in [2.24, 2.45) is 5.92 Å². The van der Waals surface area contributed by atoms with Crippen LogP contribution in [0.25, 0.3) is 11.0 Å². The first-order valence-corrected chi connectivity index (χ1v) is 7.43. The van der Waals surface area contributed by atoms with Crippen LogP contribution in [0.1, 0.15) is 37.1 Å². The van der Waals surface area contributed by atoms with Gasteiger partial charge in [-0.15, -0.1) is 11.6 Å². The lowest BCUT2D eigenvalue weighted by molar-refractivity contribution is 0.282. The highest BCUT2D eigenvalue weighted by atomic mass is 35.5. The molecule has 1 fully saturated rings. The maximum absolute atomic E-state index is 13.6. The molecule has 1 saturated carbocycles. The molecular formula is C15H18ClFN2. The summed E-state index contributed by atoms with van der Waals surface area (Å²) < 4.78 is 15.7. The molecule has 0 bridgehead atoms. The smallest absolute Gasteiger partial charge is 0.128 e. The summed E-state index contributed by atoms with van der Waals surface area (Å²) in [6.07, 6.45) is 5.22. The molecule has 19 heavy (non-hydrogen) atoms. The van der Waals surface area contributed by atoms with Crippen molar-refractivity contribution in [1.82, 2.24) is 9.55 Å². The van der Waals surface area contributed by atoms with Gasteiger partial charge in [0.2, 0.25) is 0 Å². The maximum atomic E-state index is 13.6. The van der Waals surface area contributed by atoms with Gasteiger partial charge in [0.1, 0.15) is 11.6 Å². The molecule has 0 unspecified atom stereocenters. The Hall–Kier alpha value is -1.09. The molecule has 2 aromatic rings. The Morgan fingerprint density at radius 2 is 2.21 bits per heavy atom. The minimum Gasteiger partial charge on any atom is -0.327 e. The molecule has 0 saturated heterocycles. The summed E-state index contributed by atoms with van der Waals surface area (Å²) >= 11 is 5.97. The van der Waals surface area contributed by atoms with Crippen LogP contribution in [0, 0.1) is 18.7 Å². The van der Waals surface area contributed by atoms with E-state index < -0.39 is 0 Å². The Bertz CT molecular complexity index is 602. The number of benzene rings is 1. The third kappa shape index (κ3) is 2.36. The molecule has 0 radical (unpaired) electrons. The minimum atomic E-state index is -0.197. The van der Waals surface area contributed by atoms with Crippen molar-refractivity contribution in [3.8, 4) is 0 Å².